The first-order valence-electron chi connectivity index (χ1n) is 7.86. The van der Waals surface area contributed by atoms with Crippen LogP contribution in [0, 0.1) is 0 Å². The van der Waals surface area contributed by atoms with Crippen LogP contribution in [0.15, 0.2) is 23.1 Å². The Hall–Kier alpha value is -0.730. The minimum Gasteiger partial charge on any atom is -0.329 e. The number of sulfonamides is 1. The fourth-order valence-corrected chi connectivity index (χ4v) is 5.75. The summed E-state index contributed by atoms with van der Waals surface area (Å²) >= 11 is 1.56. The van der Waals surface area contributed by atoms with Crippen LogP contribution in [0.5, 0.6) is 0 Å². The Morgan fingerprint density at radius 3 is 2.71 bits per heavy atom. The number of aromatic nitrogens is 1. The van der Waals surface area contributed by atoms with Gasteiger partial charge in [0.2, 0.25) is 10.0 Å². The molecule has 1 atom stereocenters. The third kappa shape index (κ3) is 3.46. The molecule has 1 saturated heterocycles. The van der Waals surface area contributed by atoms with Crippen LogP contribution in [-0.2, 0) is 15.4 Å². The molecule has 2 aromatic rings. The van der Waals surface area contributed by atoms with Crippen molar-refractivity contribution >= 4 is 44.0 Å². The first kappa shape index (κ1) is 19.6. The summed E-state index contributed by atoms with van der Waals surface area (Å²) in [6.07, 6.45) is 1.71. The second-order valence-corrected chi connectivity index (χ2v) is 9.97. The van der Waals surface area contributed by atoms with Gasteiger partial charge in [-0.05, 0) is 31.0 Å². The Balaban J connectivity index is 0.00000208. The van der Waals surface area contributed by atoms with Crippen LogP contribution in [0.3, 0.4) is 0 Å². The molecule has 2 heterocycles. The highest BCUT2D eigenvalue weighted by atomic mass is 35.5. The maximum absolute atomic E-state index is 12.9. The molecule has 3 rings (SSSR count). The summed E-state index contributed by atoms with van der Waals surface area (Å²) in [5, 5.41) is 1.02. The van der Waals surface area contributed by atoms with Crippen LogP contribution in [0.2, 0.25) is 0 Å². The van der Waals surface area contributed by atoms with Crippen molar-refractivity contribution in [3.63, 3.8) is 0 Å². The largest absolute Gasteiger partial charge is 0.329 e. The van der Waals surface area contributed by atoms with Gasteiger partial charge in [-0.15, -0.1) is 23.7 Å². The minimum atomic E-state index is -3.49. The van der Waals surface area contributed by atoms with Gasteiger partial charge in [-0.25, -0.2) is 13.4 Å². The number of halogens is 1. The lowest BCUT2D eigenvalue weighted by Crippen LogP contribution is -2.39. The van der Waals surface area contributed by atoms with Crippen LogP contribution in [0.4, 0.5) is 0 Å². The third-order valence-corrected chi connectivity index (χ3v) is 7.60. The Morgan fingerprint density at radius 2 is 2.08 bits per heavy atom. The molecule has 0 aliphatic carbocycles. The van der Waals surface area contributed by atoms with Crippen molar-refractivity contribution in [1.82, 2.24) is 9.29 Å². The fraction of sp³-hybridized carbons (Fsp3) is 0.562. The van der Waals surface area contributed by atoms with E-state index in [2.05, 4.69) is 25.8 Å². The molecule has 0 bridgehead atoms. The lowest BCUT2D eigenvalue weighted by atomic mass is 9.98. The molecule has 1 aliphatic rings. The molecule has 1 aromatic heterocycles. The predicted molar refractivity (Wildman–Crippen MR) is 102 cm³/mol. The first-order valence-corrected chi connectivity index (χ1v) is 10.1. The second kappa shape index (κ2) is 6.88. The number of hydrogen-bond donors (Lipinski definition) is 1. The van der Waals surface area contributed by atoms with Gasteiger partial charge >= 0.3 is 0 Å². The van der Waals surface area contributed by atoms with Crippen molar-refractivity contribution in [2.24, 2.45) is 5.73 Å². The van der Waals surface area contributed by atoms with Gasteiger partial charge in [-0.1, -0.05) is 20.8 Å². The van der Waals surface area contributed by atoms with E-state index in [0.717, 1.165) is 28.1 Å². The monoisotopic (exact) mass is 389 g/mol. The van der Waals surface area contributed by atoms with Gasteiger partial charge in [0.05, 0.1) is 20.1 Å². The standard InChI is InChI=1S/C16H23N3O2S2.ClH/c1-16(2,3)15-18-13-7-6-12(9-14(13)22-15)23(20,21)19-8-4-5-11(19)10-17;/h6-7,9,11H,4-5,8,10,17H2,1-3H3;1H. The van der Waals surface area contributed by atoms with Gasteiger partial charge in [0, 0.05) is 24.5 Å². The van der Waals surface area contributed by atoms with Crippen molar-refractivity contribution in [1.29, 1.82) is 0 Å². The molecular weight excluding hydrogens is 366 g/mol. The number of nitrogens with zero attached hydrogens (tertiary/aromatic N) is 2. The highest BCUT2D eigenvalue weighted by molar-refractivity contribution is 7.89. The molecule has 0 amide bonds. The van der Waals surface area contributed by atoms with Gasteiger partial charge in [0.1, 0.15) is 0 Å². The van der Waals surface area contributed by atoms with E-state index in [9.17, 15) is 8.42 Å². The zero-order valence-corrected chi connectivity index (χ0v) is 16.6. The smallest absolute Gasteiger partial charge is 0.243 e. The molecule has 1 aliphatic heterocycles. The van der Waals surface area contributed by atoms with Crippen LogP contribution in [0.1, 0.15) is 38.6 Å². The molecule has 1 fully saturated rings. The minimum absolute atomic E-state index is 0. The van der Waals surface area contributed by atoms with E-state index in [1.165, 1.54) is 0 Å². The van der Waals surface area contributed by atoms with Crippen molar-refractivity contribution in [3.8, 4) is 0 Å². The van der Waals surface area contributed by atoms with Crippen molar-refractivity contribution in [2.45, 2.75) is 50.0 Å². The van der Waals surface area contributed by atoms with E-state index in [1.807, 2.05) is 6.07 Å². The van der Waals surface area contributed by atoms with Crippen LogP contribution in [0.25, 0.3) is 10.2 Å². The molecule has 0 saturated carbocycles. The van der Waals surface area contributed by atoms with Crippen molar-refractivity contribution < 1.29 is 8.42 Å². The zero-order valence-electron chi connectivity index (χ0n) is 14.2. The molecule has 24 heavy (non-hydrogen) atoms. The molecule has 134 valence electrons. The summed E-state index contributed by atoms with van der Waals surface area (Å²) in [6.45, 7) is 7.25. The second-order valence-electron chi connectivity index (χ2n) is 7.05. The van der Waals surface area contributed by atoms with E-state index < -0.39 is 10.0 Å². The Kier molecular flexibility index (Phi) is 5.62. The Bertz CT molecular complexity index is 827. The average Bonchev–Trinajstić information content (AvgIpc) is 3.12. The van der Waals surface area contributed by atoms with E-state index in [-0.39, 0.29) is 23.9 Å². The molecule has 0 radical (unpaired) electrons. The lowest BCUT2D eigenvalue weighted by molar-refractivity contribution is 0.393. The molecule has 1 aromatic carbocycles. The number of thiazole rings is 1. The lowest BCUT2D eigenvalue weighted by Gasteiger charge is -2.22. The number of rotatable bonds is 3. The van der Waals surface area contributed by atoms with E-state index >= 15 is 0 Å². The van der Waals surface area contributed by atoms with Gasteiger partial charge in [-0.2, -0.15) is 4.31 Å². The summed E-state index contributed by atoms with van der Waals surface area (Å²) in [6, 6.07) is 5.14. The van der Waals surface area contributed by atoms with Crippen molar-refractivity contribution in [2.75, 3.05) is 13.1 Å². The Morgan fingerprint density at radius 1 is 1.38 bits per heavy atom. The van der Waals surface area contributed by atoms with Crippen LogP contribution < -0.4 is 5.73 Å². The van der Waals surface area contributed by atoms with Crippen LogP contribution >= 0.6 is 23.7 Å². The fourth-order valence-electron chi connectivity index (χ4n) is 2.88. The molecule has 8 heteroatoms. The summed E-state index contributed by atoms with van der Waals surface area (Å²) in [4.78, 5) is 4.97. The maximum atomic E-state index is 12.9. The number of nitrogens with two attached hydrogens (primary N) is 1. The van der Waals surface area contributed by atoms with E-state index in [4.69, 9.17) is 5.73 Å². The number of fused-ring (bicyclic) bond motifs is 1. The van der Waals surface area contributed by atoms with E-state index in [0.29, 0.717) is 18.0 Å². The summed E-state index contributed by atoms with van der Waals surface area (Å²) in [5.41, 5.74) is 6.54. The van der Waals surface area contributed by atoms with Crippen molar-refractivity contribution in [3.05, 3.63) is 23.2 Å². The quantitative estimate of drug-likeness (QED) is 0.874. The van der Waals surface area contributed by atoms with Crippen LogP contribution in [-0.4, -0.2) is 36.8 Å². The topological polar surface area (TPSA) is 76.3 Å². The molecule has 2 N–H and O–H groups in total. The van der Waals surface area contributed by atoms with Gasteiger partial charge in [-0.3, -0.25) is 0 Å². The highest BCUT2D eigenvalue weighted by Crippen LogP contribution is 2.33. The summed E-state index contributed by atoms with van der Waals surface area (Å²) in [7, 11) is -3.49. The molecular formula is C16H24ClN3O2S2. The number of benzene rings is 1. The summed E-state index contributed by atoms with van der Waals surface area (Å²) < 4.78 is 28.3. The normalized spacial score (nSPS) is 19.6. The zero-order chi connectivity index (χ0) is 16.8. The van der Waals surface area contributed by atoms with Gasteiger partial charge < -0.3 is 5.73 Å². The first-order chi connectivity index (χ1) is 10.7. The average molecular weight is 390 g/mol. The SMILES string of the molecule is CC(C)(C)c1nc2ccc(S(=O)(=O)N3CCCC3CN)cc2s1.Cl. The third-order valence-electron chi connectivity index (χ3n) is 4.20. The summed E-state index contributed by atoms with van der Waals surface area (Å²) in [5.74, 6) is 0. The Labute approximate surface area is 153 Å². The highest BCUT2D eigenvalue weighted by Gasteiger charge is 2.34. The number of hydrogen-bond acceptors (Lipinski definition) is 5. The molecule has 0 spiro atoms. The molecule has 1 unspecified atom stereocenters. The molecule has 5 nitrogen and oxygen atoms in total. The predicted octanol–water partition coefficient (Wildman–Crippen LogP) is 3.13. The van der Waals surface area contributed by atoms with Gasteiger partial charge in [0.25, 0.3) is 0 Å². The maximum Gasteiger partial charge on any atom is 0.243 e. The van der Waals surface area contributed by atoms with Gasteiger partial charge in [0.15, 0.2) is 0 Å². The van der Waals surface area contributed by atoms with E-state index in [1.54, 1.807) is 27.8 Å².